The van der Waals surface area contributed by atoms with Crippen molar-refractivity contribution in [1.29, 1.82) is 0 Å². The van der Waals surface area contributed by atoms with E-state index in [1.165, 1.54) is 18.2 Å². The molecule has 2 bridgehead atoms. The Labute approximate surface area is 146 Å². The SMILES string of the molecule is COC(=O)C1CC2(Br)c3ccccc3C1(Br)c1ccccc12. The molecule has 0 N–H and O–H groups in total. The van der Waals surface area contributed by atoms with Crippen molar-refractivity contribution in [1.82, 2.24) is 0 Å². The van der Waals surface area contributed by atoms with Crippen LogP contribution in [0.2, 0.25) is 0 Å². The van der Waals surface area contributed by atoms with Gasteiger partial charge in [-0.3, -0.25) is 4.79 Å². The molecule has 0 saturated carbocycles. The summed E-state index contributed by atoms with van der Waals surface area (Å²) < 4.78 is 4.23. The first-order chi connectivity index (χ1) is 10.5. The second-order valence-electron chi connectivity index (χ2n) is 5.88. The van der Waals surface area contributed by atoms with E-state index in [2.05, 4.69) is 68.3 Å². The lowest BCUT2D eigenvalue weighted by Gasteiger charge is -2.54. The van der Waals surface area contributed by atoms with Crippen LogP contribution in [0.1, 0.15) is 28.7 Å². The van der Waals surface area contributed by atoms with E-state index in [4.69, 9.17) is 4.74 Å². The van der Waals surface area contributed by atoms with Crippen LogP contribution in [0.4, 0.5) is 0 Å². The van der Waals surface area contributed by atoms with Gasteiger partial charge in [-0.05, 0) is 28.7 Å². The Bertz CT molecular complexity index is 737. The molecule has 0 saturated heterocycles. The largest absolute Gasteiger partial charge is 0.469 e. The van der Waals surface area contributed by atoms with Crippen molar-refractivity contribution in [2.75, 3.05) is 7.11 Å². The lowest BCUT2D eigenvalue weighted by molar-refractivity contribution is -0.147. The van der Waals surface area contributed by atoms with Crippen molar-refractivity contribution in [3.05, 3.63) is 70.8 Å². The van der Waals surface area contributed by atoms with Crippen LogP contribution in [0.15, 0.2) is 48.5 Å². The van der Waals surface area contributed by atoms with Gasteiger partial charge >= 0.3 is 5.97 Å². The summed E-state index contributed by atoms with van der Waals surface area (Å²) >= 11 is 7.90. The molecule has 4 heteroatoms. The van der Waals surface area contributed by atoms with E-state index in [-0.39, 0.29) is 16.2 Å². The zero-order valence-corrected chi connectivity index (χ0v) is 15.1. The number of hydrogen-bond donors (Lipinski definition) is 0. The number of rotatable bonds is 1. The molecule has 3 aliphatic rings. The predicted octanol–water partition coefficient (Wildman–Crippen LogP) is 4.47. The van der Waals surface area contributed by atoms with E-state index in [1.54, 1.807) is 0 Å². The predicted molar refractivity (Wildman–Crippen MR) is 92.4 cm³/mol. The van der Waals surface area contributed by atoms with Gasteiger partial charge in [0.1, 0.15) is 0 Å². The van der Waals surface area contributed by atoms with Crippen molar-refractivity contribution in [2.24, 2.45) is 5.92 Å². The van der Waals surface area contributed by atoms with Gasteiger partial charge < -0.3 is 4.74 Å². The maximum atomic E-state index is 12.5. The number of methoxy groups -OCH3 is 1. The van der Waals surface area contributed by atoms with Gasteiger partial charge in [0.15, 0.2) is 0 Å². The number of fused-ring (bicyclic) bond motifs is 1. The quantitative estimate of drug-likeness (QED) is 0.501. The van der Waals surface area contributed by atoms with Crippen molar-refractivity contribution in [3.63, 3.8) is 0 Å². The lowest BCUT2D eigenvalue weighted by Crippen LogP contribution is -2.52. The summed E-state index contributed by atoms with van der Waals surface area (Å²) in [5.41, 5.74) is 4.75. The van der Waals surface area contributed by atoms with Crippen LogP contribution in [0.25, 0.3) is 0 Å². The zero-order chi connectivity index (χ0) is 15.5. The molecule has 3 aliphatic carbocycles. The van der Waals surface area contributed by atoms with Crippen LogP contribution in [0, 0.1) is 5.92 Å². The molecule has 0 radical (unpaired) electrons. The number of hydrogen-bond acceptors (Lipinski definition) is 2. The van der Waals surface area contributed by atoms with Crippen LogP contribution in [-0.4, -0.2) is 13.1 Å². The van der Waals surface area contributed by atoms with Gasteiger partial charge in [0, 0.05) is 0 Å². The summed E-state index contributed by atoms with van der Waals surface area (Å²) in [5, 5.41) is 0. The first kappa shape index (κ1) is 14.5. The molecular weight excluding hydrogens is 408 g/mol. The van der Waals surface area contributed by atoms with Crippen molar-refractivity contribution >= 4 is 37.8 Å². The number of halogens is 2. The Morgan fingerprint density at radius 2 is 1.45 bits per heavy atom. The topological polar surface area (TPSA) is 26.3 Å². The maximum Gasteiger partial charge on any atom is 0.310 e. The molecule has 1 atom stereocenters. The van der Waals surface area contributed by atoms with E-state index in [9.17, 15) is 4.79 Å². The third kappa shape index (κ3) is 1.57. The molecule has 5 rings (SSSR count). The second-order valence-corrected chi connectivity index (χ2v) is 8.49. The molecule has 0 spiro atoms. The molecule has 0 aromatic heterocycles. The van der Waals surface area contributed by atoms with Gasteiger partial charge in [-0.25, -0.2) is 0 Å². The van der Waals surface area contributed by atoms with Crippen LogP contribution < -0.4 is 0 Å². The number of ether oxygens (including phenoxy) is 1. The Morgan fingerprint density at radius 1 is 1.00 bits per heavy atom. The van der Waals surface area contributed by atoms with Gasteiger partial charge in [0.25, 0.3) is 0 Å². The summed E-state index contributed by atoms with van der Waals surface area (Å²) in [6.07, 6.45) is 0.680. The van der Waals surface area contributed by atoms with Gasteiger partial charge in [-0.15, -0.1) is 0 Å². The minimum absolute atomic E-state index is 0.176. The summed E-state index contributed by atoms with van der Waals surface area (Å²) in [6.45, 7) is 0. The highest BCUT2D eigenvalue weighted by Gasteiger charge is 2.61. The van der Waals surface area contributed by atoms with E-state index in [1.807, 2.05) is 12.1 Å². The van der Waals surface area contributed by atoms with E-state index < -0.39 is 4.32 Å². The summed E-state index contributed by atoms with van der Waals surface area (Å²) in [5.74, 6) is -0.439. The summed E-state index contributed by atoms with van der Waals surface area (Å²) in [7, 11) is 1.46. The Balaban J connectivity index is 2.10. The fourth-order valence-corrected chi connectivity index (χ4v) is 6.04. The molecule has 22 heavy (non-hydrogen) atoms. The van der Waals surface area contributed by atoms with Gasteiger partial charge in [-0.1, -0.05) is 80.4 Å². The van der Waals surface area contributed by atoms with Crippen LogP contribution in [0.3, 0.4) is 0 Å². The Hall–Kier alpha value is -1.13. The van der Waals surface area contributed by atoms with Gasteiger partial charge in [0.05, 0.1) is 21.7 Å². The highest BCUT2D eigenvalue weighted by Crippen LogP contribution is 2.66. The average Bonchev–Trinajstić information content (AvgIpc) is 2.57. The van der Waals surface area contributed by atoms with Crippen molar-refractivity contribution in [2.45, 2.75) is 15.1 Å². The van der Waals surface area contributed by atoms with Crippen molar-refractivity contribution < 1.29 is 9.53 Å². The summed E-state index contributed by atoms with van der Waals surface area (Å²) in [6, 6.07) is 16.6. The average molecular weight is 422 g/mol. The van der Waals surface area contributed by atoms with Crippen molar-refractivity contribution in [3.8, 4) is 0 Å². The number of benzene rings is 2. The molecule has 112 valence electrons. The normalized spacial score (nSPS) is 31.3. The van der Waals surface area contributed by atoms with Gasteiger partial charge in [-0.2, -0.15) is 0 Å². The number of alkyl halides is 2. The molecule has 1 unspecified atom stereocenters. The monoisotopic (exact) mass is 420 g/mol. The van der Waals surface area contributed by atoms with E-state index in [0.717, 1.165) is 11.1 Å². The number of carbonyl (C=O) groups is 1. The molecule has 0 heterocycles. The highest BCUT2D eigenvalue weighted by atomic mass is 79.9. The first-order valence-electron chi connectivity index (χ1n) is 7.19. The molecule has 2 aromatic rings. The number of carbonyl (C=O) groups excluding carboxylic acids is 1. The lowest BCUT2D eigenvalue weighted by atomic mass is 9.59. The highest BCUT2D eigenvalue weighted by molar-refractivity contribution is 9.10. The fourth-order valence-electron chi connectivity index (χ4n) is 3.99. The molecule has 2 aromatic carbocycles. The third-order valence-electron chi connectivity index (χ3n) is 4.94. The molecular formula is C18H14Br2O2. The van der Waals surface area contributed by atoms with Crippen LogP contribution in [0.5, 0.6) is 0 Å². The summed E-state index contributed by atoms with van der Waals surface area (Å²) in [4.78, 5) is 12.5. The standard InChI is InChI=1S/C18H14Br2O2/c1-22-16(21)15-10-17(19)11-6-2-4-8-13(11)18(15,20)14-9-5-3-7-12(14)17/h2-9,15H,10H2,1H3. The number of esters is 1. The van der Waals surface area contributed by atoms with Gasteiger partial charge in [0.2, 0.25) is 0 Å². The minimum Gasteiger partial charge on any atom is -0.469 e. The fraction of sp³-hybridized carbons (Fsp3) is 0.278. The van der Waals surface area contributed by atoms with Crippen LogP contribution in [-0.2, 0) is 18.2 Å². The van der Waals surface area contributed by atoms with E-state index >= 15 is 0 Å². The van der Waals surface area contributed by atoms with Crippen LogP contribution >= 0.6 is 31.9 Å². The molecule has 0 fully saturated rings. The Kier molecular flexibility index (Phi) is 3.08. The molecule has 0 aliphatic heterocycles. The molecule has 0 amide bonds. The second kappa shape index (κ2) is 4.68. The van der Waals surface area contributed by atoms with E-state index in [0.29, 0.717) is 6.42 Å². The molecule has 2 nitrogen and oxygen atoms in total. The third-order valence-corrected chi connectivity index (χ3v) is 7.53. The first-order valence-corrected chi connectivity index (χ1v) is 8.77. The maximum absolute atomic E-state index is 12.5. The smallest absolute Gasteiger partial charge is 0.310 e. The minimum atomic E-state index is -0.525. The zero-order valence-electron chi connectivity index (χ0n) is 12.0. The Morgan fingerprint density at radius 3 is 1.91 bits per heavy atom.